The number of nitro benzene ring substituents is 1. The van der Waals surface area contributed by atoms with Gasteiger partial charge in [-0.15, -0.1) is 0 Å². The summed E-state index contributed by atoms with van der Waals surface area (Å²) in [4.78, 5) is 9.76. The minimum atomic E-state index is -0.899. The Morgan fingerprint density at radius 3 is 2.80 bits per heavy atom. The minimum Gasteiger partial charge on any atom is -0.381 e. The maximum Gasteiger partial charge on any atom is 0.270 e. The van der Waals surface area contributed by atoms with Gasteiger partial charge in [0.1, 0.15) is 11.9 Å². The van der Waals surface area contributed by atoms with Crippen molar-refractivity contribution >= 4 is 5.69 Å². The van der Waals surface area contributed by atoms with Crippen molar-refractivity contribution in [2.24, 2.45) is 0 Å². The maximum atomic E-state index is 13.1. The third-order valence-electron chi connectivity index (χ3n) is 1.58. The van der Waals surface area contributed by atoms with Crippen LogP contribution in [0.2, 0.25) is 0 Å². The molecule has 0 saturated heterocycles. The van der Waals surface area contributed by atoms with Crippen LogP contribution in [0.3, 0.4) is 0 Å². The van der Waals surface area contributed by atoms with E-state index in [1.54, 1.807) is 0 Å². The second kappa shape index (κ2) is 4.53. The van der Waals surface area contributed by atoms with Crippen LogP contribution in [0.4, 0.5) is 10.1 Å². The van der Waals surface area contributed by atoms with Crippen LogP contribution in [0.25, 0.3) is 0 Å². The third-order valence-corrected chi connectivity index (χ3v) is 1.58. The van der Waals surface area contributed by atoms with Crippen LogP contribution in [0, 0.1) is 27.8 Å². The SMILES string of the molecule is CC(O)C#Cc1cc([N+](=O)[O-])ccc1F. The monoisotopic (exact) mass is 209 g/mol. The lowest BCUT2D eigenvalue weighted by atomic mass is 10.2. The van der Waals surface area contributed by atoms with E-state index in [-0.39, 0.29) is 11.3 Å². The van der Waals surface area contributed by atoms with Crippen molar-refractivity contribution in [2.45, 2.75) is 13.0 Å². The molecule has 0 fully saturated rings. The van der Waals surface area contributed by atoms with Gasteiger partial charge in [-0.2, -0.15) is 0 Å². The summed E-state index contributed by atoms with van der Waals surface area (Å²) in [5.41, 5.74) is -0.323. The molecule has 0 spiro atoms. The molecule has 1 rings (SSSR count). The molecule has 5 heteroatoms. The Kier molecular flexibility index (Phi) is 3.37. The van der Waals surface area contributed by atoms with Crippen LogP contribution in [0.5, 0.6) is 0 Å². The van der Waals surface area contributed by atoms with Gasteiger partial charge in [0.2, 0.25) is 0 Å². The predicted octanol–water partition coefficient (Wildman–Crippen LogP) is 1.47. The second-order valence-electron chi connectivity index (χ2n) is 2.87. The summed E-state index contributed by atoms with van der Waals surface area (Å²) < 4.78 is 13.1. The predicted molar refractivity (Wildman–Crippen MR) is 51.6 cm³/mol. The van der Waals surface area contributed by atoms with E-state index >= 15 is 0 Å². The number of hydrogen-bond acceptors (Lipinski definition) is 3. The molecule has 0 aliphatic carbocycles. The number of aliphatic hydroxyl groups excluding tert-OH is 1. The van der Waals surface area contributed by atoms with Crippen molar-refractivity contribution in [1.82, 2.24) is 0 Å². The number of rotatable bonds is 1. The highest BCUT2D eigenvalue weighted by Gasteiger charge is 2.08. The van der Waals surface area contributed by atoms with E-state index in [0.717, 1.165) is 18.2 Å². The molecule has 1 atom stereocenters. The molecule has 0 bridgehead atoms. The van der Waals surface area contributed by atoms with E-state index < -0.39 is 16.8 Å². The Labute approximate surface area is 85.5 Å². The summed E-state index contributed by atoms with van der Waals surface area (Å²) in [6.45, 7) is 1.42. The number of aliphatic hydroxyl groups is 1. The smallest absolute Gasteiger partial charge is 0.270 e. The number of nitrogens with zero attached hydrogens (tertiary/aromatic N) is 1. The molecule has 0 aliphatic rings. The Bertz CT molecular complexity index is 446. The van der Waals surface area contributed by atoms with Crippen molar-refractivity contribution < 1.29 is 14.4 Å². The van der Waals surface area contributed by atoms with E-state index in [2.05, 4.69) is 11.8 Å². The van der Waals surface area contributed by atoms with Gasteiger partial charge < -0.3 is 5.11 Å². The Hall–Kier alpha value is -1.93. The Morgan fingerprint density at radius 2 is 2.27 bits per heavy atom. The molecular weight excluding hydrogens is 201 g/mol. The standard InChI is InChI=1S/C10H8FNO3/c1-7(13)2-3-8-6-9(12(14)15)4-5-10(8)11/h4-7,13H,1H3. The highest BCUT2D eigenvalue weighted by molar-refractivity contribution is 5.44. The lowest BCUT2D eigenvalue weighted by molar-refractivity contribution is -0.384. The first kappa shape index (κ1) is 11.1. The molecule has 0 radical (unpaired) electrons. The zero-order valence-electron chi connectivity index (χ0n) is 7.90. The van der Waals surface area contributed by atoms with Gasteiger partial charge in [0.15, 0.2) is 0 Å². The van der Waals surface area contributed by atoms with Gasteiger partial charge >= 0.3 is 0 Å². The van der Waals surface area contributed by atoms with E-state index in [4.69, 9.17) is 5.11 Å². The van der Waals surface area contributed by atoms with E-state index in [0.29, 0.717) is 0 Å². The highest BCUT2D eigenvalue weighted by atomic mass is 19.1. The van der Waals surface area contributed by atoms with Crippen molar-refractivity contribution in [3.05, 3.63) is 39.7 Å². The molecule has 15 heavy (non-hydrogen) atoms. The van der Waals surface area contributed by atoms with Gasteiger partial charge in [-0.3, -0.25) is 10.1 Å². The fraction of sp³-hybridized carbons (Fsp3) is 0.200. The van der Waals surface area contributed by atoms with Gasteiger partial charge in [-0.05, 0) is 13.0 Å². The first-order valence-corrected chi connectivity index (χ1v) is 4.14. The third kappa shape index (κ3) is 3.04. The fourth-order valence-electron chi connectivity index (χ4n) is 0.905. The maximum absolute atomic E-state index is 13.1. The van der Waals surface area contributed by atoms with E-state index in [1.165, 1.54) is 6.92 Å². The zero-order valence-corrected chi connectivity index (χ0v) is 7.90. The molecule has 1 unspecified atom stereocenters. The molecular formula is C10H8FNO3. The van der Waals surface area contributed by atoms with Crippen LogP contribution in [-0.4, -0.2) is 16.1 Å². The molecule has 1 aromatic rings. The summed E-state index contributed by atoms with van der Waals surface area (Å²) in [5.74, 6) is 4.00. The lowest BCUT2D eigenvalue weighted by Crippen LogP contribution is -1.95. The average Bonchev–Trinajstić information content (AvgIpc) is 2.16. The normalized spacial score (nSPS) is 11.4. The van der Waals surface area contributed by atoms with Crippen molar-refractivity contribution in [3.63, 3.8) is 0 Å². The summed E-state index contributed by atoms with van der Waals surface area (Å²) in [7, 11) is 0. The number of benzene rings is 1. The summed E-state index contributed by atoms with van der Waals surface area (Å²) >= 11 is 0. The molecule has 0 aliphatic heterocycles. The van der Waals surface area contributed by atoms with Crippen LogP contribution in [0.15, 0.2) is 18.2 Å². The molecule has 4 nitrogen and oxygen atoms in total. The average molecular weight is 209 g/mol. The van der Waals surface area contributed by atoms with Gasteiger partial charge in [-0.1, -0.05) is 11.8 Å². The summed E-state index contributed by atoms with van der Waals surface area (Å²) in [6, 6.07) is 3.07. The van der Waals surface area contributed by atoms with Crippen LogP contribution in [0.1, 0.15) is 12.5 Å². The first-order valence-electron chi connectivity index (χ1n) is 4.14. The quantitative estimate of drug-likeness (QED) is 0.432. The fourth-order valence-corrected chi connectivity index (χ4v) is 0.905. The second-order valence-corrected chi connectivity index (χ2v) is 2.87. The van der Waals surface area contributed by atoms with E-state index in [9.17, 15) is 14.5 Å². The Morgan fingerprint density at radius 1 is 1.60 bits per heavy atom. The minimum absolute atomic E-state index is 0.0925. The van der Waals surface area contributed by atoms with Crippen molar-refractivity contribution in [3.8, 4) is 11.8 Å². The largest absolute Gasteiger partial charge is 0.381 e. The molecule has 0 aromatic heterocycles. The molecule has 1 N–H and O–H groups in total. The topological polar surface area (TPSA) is 63.4 Å². The van der Waals surface area contributed by atoms with Crippen molar-refractivity contribution in [1.29, 1.82) is 0 Å². The highest BCUT2D eigenvalue weighted by Crippen LogP contribution is 2.15. The van der Waals surface area contributed by atoms with Crippen LogP contribution < -0.4 is 0 Å². The van der Waals surface area contributed by atoms with Gasteiger partial charge in [-0.25, -0.2) is 4.39 Å². The number of nitro groups is 1. The van der Waals surface area contributed by atoms with Gasteiger partial charge in [0.25, 0.3) is 5.69 Å². The van der Waals surface area contributed by atoms with Crippen molar-refractivity contribution in [2.75, 3.05) is 0 Å². The van der Waals surface area contributed by atoms with E-state index in [1.807, 2.05) is 0 Å². The van der Waals surface area contributed by atoms with Crippen LogP contribution in [-0.2, 0) is 0 Å². The lowest BCUT2D eigenvalue weighted by Gasteiger charge is -1.95. The van der Waals surface area contributed by atoms with Gasteiger partial charge in [0.05, 0.1) is 10.5 Å². The zero-order chi connectivity index (χ0) is 11.4. The molecule has 0 amide bonds. The number of halogens is 1. The summed E-state index contributed by atoms with van der Waals surface area (Å²) in [5, 5.41) is 19.2. The molecule has 78 valence electrons. The summed E-state index contributed by atoms with van der Waals surface area (Å²) in [6.07, 6.45) is -0.899. The van der Waals surface area contributed by atoms with Gasteiger partial charge in [0, 0.05) is 12.1 Å². The number of hydrogen-bond donors (Lipinski definition) is 1. The Balaban J connectivity index is 3.13. The van der Waals surface area contributed by atoms with Crippen LogP contribution >= 0.6 is 0 Å². The molecule has 0 saturated carbocycles. The first-order chi connectivity index (χ1) is 7.00. The molecule has 0 heterocycles. The number of non-ortho nitro benzene ring substituents is 1. The molecule has 1 aromatic carbocycles.